The Kier molecular flexibility index (Phi) is 6.42. The van der Waals surface area contributed by atoms with Crippen molar-refractivity contribution in [3.63, 3.8) is 0 Å². The lowest BCUT2D eigenvalue weighted by Gasteiger charge is -2.27. The van der Waals surface area contributed by atoms with E-state index in [1.165, 1.54) is 12.0 Å². The average Bonchev–Trinajstić information content (AvgIpc) is 3.56. The number of amides is 1. The van der Waals surface area contributed by atoms with Gasteiger partial charge < -0.3 is 23.7 Å². The highest BCUT2D eigenvalue weighted by molar-refractivity contribution is 5.87. The van der Waals surface area contributed by atoms with Crippen molar-refractivity contribution in [1.29, 1.82) is 0 Å². The first-order valence-corrected chi connectivity index (χ1v) is 11.3. The number of likely N-dealkylation sites (tertiary alicyclic amines) is 1. The molecule has 34 heavy (non-hydrogen) atoms. The molecule has 2 aliphatic rings. The monoisotopic (exact) mass is 473 g/mol. The predicted octanol–water partition coefficient (Wildman–Crippen LogP) is 3.45. The van der Waals surface area contributed by atoms with E-state index in [1.807, 2.05) is 0 Å². The van der Waals surface area contributed by atoms with Crippen LogP contribution in [0.5, 0.6) is 17.4 Å². The molecule has 1 unspecified atom stereocenters. The summed E-state index contributed by atoms with van der Waals surface area (Å²) in [4.78, 5) is 36.0. The first-order chi connectivity index (χ1) is 16.1. The molecule has 0 spiro atoms. The molecule has 0 N–H and O–H groups in total. The van der Waals surface area contributed by atoms with Crippen LogP contribution in [0.4, 0.5) is 4.79 Å². The van der Waals surface area contributed by atoms with Crippen molar-refractivity contribution >= 4 is 23.0 Å². The largest absolute Gasteiger partial charge is 0.493 e. The molecule has 1 saturated carbocycles. The Morgan fingerprint density at radius 2 is 1.71 bits per heavy atom. The number of carbonyl (C=O) groups excluding carboxylic acids is 2. The van der Waals surface area contributed by atoms with E-state index < -0.39 is 29.8 Å². The Morgan fingerprint density at radius 1 is 1.03 bits per heavy atom. The third-order valence-corrected chi connectivity index (χ3v) is 5.77. The Balaban J connectivity index is 1.66. The van der Waals surface area contributed by atoms with Crippen LogP contribution in [0.15, 0.2) is 12.1 Å². The second kappa shape index (κ2) is 9.15. The minimum Gasteiger partial charge on any atom is -0.493 e. The lowest BCUT2D eigenvalue weighted by Crippen LogP contribution is -2.44. The van der Waals surface area contributed by atoms with Crippen molar-refractivity contribution < 1.29 is 33.3 Å². The average molecular weight is 474 g/mol. The molecule has 10 heteroatoms. The third-order valence-electron chi connectivity index (χ3n) is 5.77. The summed E-state index contributed by atoms with van der Waals surface area (Å²) in [6, 6.07) is 2.77. The number of hydrogen-bond donors (Lipinski definition) is 0. The highest BCUT2D eigenvalue weighted by atomic mass is 16.6. The summed E-state index contributed by atoms with van der Waals surface area (Å²) < 4.78 is 27.6. The Labute approximate surface area is 198 Å². The molecule has 184 valence electrons. The fourth-order valence-electron chi connectivity index (χ4n) is 3.98. The Bertz CT molecular complexity index is 1090. The van der Waals surface area contributed by atoms with Crippen LogP contribution in [0.1, 0.15) is 51.8 Å². The molecule has 2 heterocycles. The molecule has 1 aliphatic carbocycles. The van der Waals surface area contributed by atoms with E-state index in [2.05, 4.69) is 0 Å². The van der Waals surface area contributed by atoms with Gasteiger partial charge >= 0.3 is 12.1 Å². The molecule has 0 bridgehead atoms. The molecule has 2 aromatic rings. The zero-order valence-electron chi connectivity index (χ0n) is 20.4. The maximum atomic E-state index is 12.8. The second-order valence-corrected chi connectivity index (χ2v) is 9.53. The normalized spacial score (nSPS) is 20.2. The molecular formula is C24H31N3O7. The second-order valence-electron chi connectivity index (χ2n) is 9.53. The quantitative estimate of drug-likeness (QED) is 0.583. The number of ether oxygens (including phenoxy) is 5. The van der Waals surface area contributed by atoms with Gasteiger partial charge in [0.2, 0.25) is 5.88 Å². The van der Waals surface area contributed by atoms with E-state index in [-0.39, 0.29) is 13.0 Å². The summed E-state index contributed by atoms with van der Waals surface area (Å²) in [6.07, 6.45) is 1.22. The maximum Gasteiger partial charge on any atom is 0.411 e. The van der Waals surface area contributed by atoms with Gasteiger partial charge in [0.05, 0.1) is 38.8 Å². The lowest BCUT2D eigenvalue weighted by molar-refractivity contribution is -0.145. The fraction of sp³-hybridized carbons (Fsp3) is 0.583. The fourth-order valence-corrected chi connectivity index (χ4v) is 3.98. The van der Waals surface area contributed by atoms with Crippen LogP contribution in [-0.4, -0.2) is 72.6 Å². The molecule has 1 saturated heterocycles. The number of aromatic nitrogens is 2. The minimum atomic E-state index is -0.810. The zero-order chi connectivity index (χ0) is 24.6. The number of nitrogens with zero attached hydrogens (tertiary/aromatic N) is 3. The topological polar surface area (TPSA) is 109 Å². The van der Waals surface area contributed by atoms with Gasteiger partial charge in [-0.15, -0.1) is 0 Å². The first kappa shape index (κ1) is 23.8. The number of esters is 1. The van der Waals surface area contributed by atoms with Crippen molar-refractivity contribution in [2.75, 3.05) is 27.9 Å². The number of hydrogen-bond acceptors (Lipinski definition) is 9. The van der Waals surface area contributed by atoms with Crippen LogP contribution in [0.2, 0.25) is 0 Å². The Hall–Kier alpha value is -3.30. The minimum absolute atomic E-state index is 0.159. The number of rotatable bonds is 6. The van der Waals surface area contributed by atoms with Crippen molar-refractivity contribution in [1.82, 2.24) is 14.9 Å². The summed E-state index contributed by atoms with van der Waals surface area (Å²) in [5, 5.41) is 0.660. The van der Waals surface area contributed by atoms with Gasteiger partial charge in [0.25, 0.3) is 0 Å². The summed E-state index contributed by atoms with van der Waals surface area (Å²) in [5.74, 6) is 1.95. The first-order valence-electron chi connectivity index (χ1n) is 11.3. The summed E-state index contributed by atoms with van der Waals surface area (Å²) >= 11 is 0. The van der Waals surface area contributed by atoms with Gasteiger partial charge in [-0.3, -0.25) is 4.90 Å². The van der Waals surface area contributed by atoms with E-state index in [9.17, 15) is 9.59 Å². The van der Waals surface area contributed by atoms with E-state index in [4.69, 9.17) is 33.7 Å². The highest BCUT2D eigenvalue weighted by Crippen LogP contribution is 2.42. The van der Waals surface area contributed by atoms with Crippen LogP contribution in [-0.2, 0) is 14.3 Å². The van der Waals surface area contributed by atoms with Gasteiger partial charge in [0, 0.05) is 18.4 Å². The number of carbonyl (C=O) groups is 2. The molecule has 0 radical (unpaired) electrons. The van der Waals surface area contributed by atoms with E-state index in [0.717, 1.165) is 12.8 Å². The van der Waals surface area contributed by atoms with Crippen LogP contribution in [0.3, 0.4) is 0 Å². The molecule has 1 aliphatic heterocycles. The van der Waals surface area contributed by atoms with Crippen molar-refractivity contribution in [3.8, 4) is 17.4 Å². The third kappa shape index (κ3) is 4.95. The molecule has 1 aromatic heterocycles. The molecule has 1 aromatic carbocycles. The SMILES string of the molecule is COC(=O)[C@@H]1CC(Oc2nc(C3CC3)nc3cc(OC)c(OC)cc23)CN1C(=O)OC(C)(C)C. The van der Waals surface area contributed by atoms with Crippen LogP contribution in [0, 0.1) is 0 Å². The summed E-state index contributed by atoms with van der Waals surface area (Å²) in [6.45, 7) is 5.48. The molecule has 1 amide bonds. The summed E-state index contributed by atoms with van der Waals surface area (Å²) in [7, 11) is 4.42. The number of benzene rings is 1. The molecular weight excluding hydrogens is 442 g/mol. The van der Waals surface area contributed by atoms with Crippen LogP contribution in [0.25, 0.3) is 10.9 Å². The van der Waals surface area contributed by atoms with Crippen molar-refractivity contribution in [2.24, 2.45) is 0 Å². The number of methoxy groups -OCH3 is 3. The standard InChI is InChI=1S/C24H31N3O7/c1-24(2,3)34-23(29)27-12-14(9-17(27)22(28)32-6)33-21-15-10-18(30-4)19(31-5)11-16(15)25-20(26-21)13-7-8-13/h10-11,13-14,17H,7-9,12H2,1-6H3/t14?,17-/m0/s1. The van der Waals surface area contributed by atoms with Crippen molar-refractivity contribution in [2.45, 2.75) is 63.7 Å². The smallest absolute Gasteiger partial charge is 0.411 e. The van der Waals surface area contributed by atoms with Gasteiger partial charge in [-0.2, -0.15) is 4.98 Å². The van der Waals surface area contributed by atoms with Gasteiger partial charge in [-0.1, -0.05) is 0 Å². The van der Waals surface area contributed by atoms with Gasteiger partial charge in [-0.25, -0.2) is 14.6 Å². The van der Waals surface area contributed by atoms with Crippen molar-refractivity contribution in [3.05, 3.63) is 18.0 Å². The maximum absolute atomic E-state index is 12.8. The molecule has 4 rings (SSSR count). The van der Waals surface area contributed by atoms with Gasteiger partial charge in [0.15, 0.2) is 11.5 Å². The van der Waals surface area contributed by atoms with E-state index in [1.54, 1.807) is 47.1 Å². The van der Waals surface area contributed by atoms with E-state index in [0.29, 0.717) is 40.0 Å². The van der Waals surface area contributed by atoms with Crippen LogP contribution >= 0.6 is 0 Å². The van der Waals surface area contributed by atoms with E-state index >= 15 is 0 Å². The number of fused-ring (bicyclic) bond motifs is 1. The van der Waals surface area contributed by atoms with Gasteiger partial charge in [0.1, 0.15) is 23.6 Å². The van der Waals surface area contributed by atoms with Crippen LogP contribution < -0.4 is 14.2 Å². The molecule has 2 fully saturated rings. The van der Waals surface area contributed by atoms with Gasteiger partial charge in [-0.05, 0) is 39.7 Å². The molecule has 10 nitrogen and oxygen atoms in total. The highest BCUT2D eigenvalue weighted by Gasteiger charge is 2.43. The zero-order valence-corrected chi connectivity index (χ0v) is 20.4. The lowest BCUT2D eigenvalue weighted by atomic mass is 10.2. The summed E-state index contributed by atoms with van der Waals surface area (Å²) in [5.41, 5.74) is -0.0232. The predicted molar refractivity (Wildman–Crippen MR) is 122 cm³/mol. The molecule has 2 atom stereocenters. The Morgan fingerprint density at radius 3 is 2.29 bits per heavy atom.